The summed E-state index contributed by atoms with van der Waals surface area (Å²) in [5.41, 5.74) is 0. The van der Waals surface area contributed by atoms with E-state index in [1.807, 2.05) is 13.1 Å². The molecule has 0 amide bonds. The molecule has 0 N–H and O–H groups in total. The molecule has 0 unspecified atom stereocenters. The van der Waals surface area contributed by atoms with E-state index >= 15 is 0 Å². The first kappa shape index (κ1) is 10.3. The van der Waals surface area contributed by atoms with Crippen LogP contribution < -0.4 is 0 Å². The number of piperidine rings is 1. The van der Waals surface area contributed by atoms with Crippen molar-refractivity contribution in [3.05, 3.63) is 11.9 Å². The molecule has 2 nitrogen and oxygen atoms in total. The van der Waals surface area contributed by atoms with Gasteiger partial charge in [0, 0.05) is 19.3 Å². The summed E-state index contributed by atoms with van der Waals surface area (Å²) in [4.78, 5) is 6.80. The van der Waals surface area contributed by atoms with Gasteiger partial charge in [0.15, 0.2) is 0 Å². The largest absolute Gasteiger partial charge is 0.357 e. The Hall–Kier alpha value is -0.790. The van der Waals surface area contributed by atoms with Gasteiger partial charge in [0.1, 0.15) is 5.82 Å². The highest BCUT2D eigenvalue weighted by atomic mass is 15.2. The van der Waals surface area contributed by atoms with Crippen molar-refractivity contribution in [3.63, 3.8) is 0 Å². The minimum absolute atomic E-state index is 1.07. The van der Waals surface area contributed by atoms with Gasteiger partial charge in [-0.15, -0.1) is 0 Å². The summed E-state index contributed by atoms with van der Waals surface area (Å²) in [5.74, 6) is 1.17. The van der Waals surface area contributed by atoms with E-state index in [0.717, 1.165) is 6.42 Å². The van der Waals surface area contributed by atoms with Crippen LogP contribution in [0.2, 0.25) is 0 Å². The van der Waals surface area contributed by atoms with Crippen LogP contribution in [0.25, 0.3) is 0 Å². The highest BCUT2D eigenvalue weighted by Gasteiger charge is 2.11. The van der Waals surface area contributed by atoms with Gasteiger partial charge in [-0.3, -0.25) is 0 Å². The maximum atomic E-state index is 4.40. The predicted octanol–water partition coefficient (Wildman–Crippen LogP) is 2.81. The van der Waals surface area contributed by atoms with Gasteiger partial charge in [-0.25, -0.2) is 4.99 Å². The SMILES string of the molecule is CC=N/C(=C\CC)N1CCCCC1. The first-order valence-electron chi connectivity index (χ1n) is 5.32. The van der Waals surface area contributed by atoms with E-state index in [-0.39, 0.29) is 0 Å². The van der Waals surface area contributed by atoms with E-state index in [2.05, 4.69) is 22.9 Å². The Balaban J connectivity index is 2.57. The quantitative estimate of drug-likeness (QED) is 0.610. The van der Waals surface area contributed by atoms with Crippen molar-refractivity contribution in [1.82, 2.24) is 4.90 Å². The Morgan fingerprint density at radius 1 is 1.31 bits per heavy atom. The minimum Gasteiger partial charge on any atom is -0.357 e. The topological polar surface area (TPSA) is 15.6 Å². The van der Waals surface area contributed by atoms with Gasteiger partial charge in [-0.1, -0.05) is 6.92 Å². The van der Waals surface area contributed by atoms with Crippen molar-refractivity contribution >= 4 is 6.21 Å². The van der Waals surface area contributed by atoms with Gasteiger partial charge in [0.2, 0.25) is 0 Å². The molecule has 2 heteroatoms. The average molecular weight is 180 g/mol. The average Bonchev–Trinajstić information content (AvgIpc) is 2.19. The smallest absolute Gasteiger partial charge is 0.123 e. The van der Waals surface area contributed by atoms with Gasteiger partial charge >= 0.3 is 0 Å². The van der Waals surface area contributed by atoms with Crippen molar-refractivity contribution < 1.29 is 0 Å². The minimum atomic E-state index is 1.07. The van der Waals surface area contributed by atoms with Crippen molar-refractivity contribution in [2.24, 2.45) is 4.99 Å². The van der Waals surface area contributed by atoms with Crippen molar-refractivity contribution in [3.8, 4) is 0 Å². The molecule has 0 atom stereocenters. The Morgan fingerprint density at radius 2 is 2.00 bits per heavy atom. The Labute approximate surface area is 81.3 Å². The summed E-state index contributed by atoms with van der Waals surface area (Å²) in [7, 11) is 0. The molecule has 0 aliphatic carbocycles. The van der Waals surface area contributed by atoms with Gasteiger partial charge in [0.05, 0.1) is 0 Å². The number of aliphatic imine (C=N–C) groups is 1. The molecule has 0 saturated carbocycles. The van der Waals surface area contributed by atoms with E-state index in [1.165, 1.54) is 38.2 Å². The summed E-state index contributed by atoms with van der Waals surface area (Å²) in [6.07, 6.45) is 9.19. The van der Waals surface area contributed by atoms with Crippen LogP contribution >= 0.6 is 0 Å². The maximum absolute atomic E-state index is 4.40. The van der Waals surface area contributed by atoms with Crippen LogP contribution in [0.15, 0.2) is 16.9 Å². The Kier molecular flexibility index (Phi) is 4.58. The number of likely N-dealkylation sites (tertiary alicyclic amines) is 1. The van der Waals surface area contributed by atoms with Crippen molar-refractivity contribution in [1.29, 1.82) is 0 Å². The summed E-state index contributed by atoms with van der Waals surface area (Å²) < 4.78 is 0. The number of allylic oxidation sites excluding steroid dienone is 1. The molecular weight excluding hydrogens is 160 g/mol. The molecule has 1 aliphatic heterocycles. The van der Waals surface area contributed by atoms with Gasteiger partial charge in [-0.05, 0) is 38.7 Å². The number of nitrogens with zero attached hydrogens (tertiary/aromatic N) is 2. The van der Waals surface area contributed by atoms with Crippen LogP contribution in [0.1, 0.15) is 39.5 Å². The summed E-state index contributed by atoms with van der Waals surface area (Å²) >= 11 is 0. The second-order valence-electron chi connectivity index (χ2n) is 3.41. The monoisotopic (exact) mass is 180 g/mol. The van der Waals surface area contributed by atoms with Gasteiger partial charge in [-0.2, -0.15) is 0 Å². The Morgan fingerprint density at radius 3 is 2.54 bits per heavy atom. The van der Waals surface area contributed by atoms with E-state index in [0.29, 0.717) is 0 Å². The maximum Gasteiger partial charge on any atom is 0.123 e. The number of hydrogen-bond donors (Lipinski definition) is 0. The lowest BCUT2D eigenvalue weighted by Gasteiger charge is -2.28. The molecule has 0 aromatic rings. The van der Waals surface area contributed by atoms with Gasteiger partial charge in [0.25, 0.3) is 0 Å². The lowest BCUT2D eigenvalue weighted by Crippen LogP contribution is -2.28. The third-order valence-electron chi connectivity index (χ3n) is 2.33. The Bertz CT molecular complexity index is 188. The van der Waals surface area contributed by atoms with E-state index in [9.17, 15) is 0 Å². The second kappa shape index (κ2) is 5.79. The summed E-state index contributed by atoms with van der Waals surface area (Å²) in [6.45, 7) is 6.51. The van der Waals surface area contributed by atoms with Crippen LogP contribution in [0, 0.1) is 0 Å². The molecular formula is C11H20N2. The first-order valence-corrected chi connectivity index (χ1v) is 5.32. The molecule has 0 aromatic heterocycles. The fourth-order valence-corrected chi connectivity index (χ4v) is 1.70. The van der Waals surface area contributed by atoms with Crippen LogP contribution in [0.4, 0.5) is 0 Å². The molecule has 1 saturated heterocycles. The van der Waals surface area contributed by atoms with Crippen LogP contribution in [0.5, 0.6) is 0 Å². The van der Waals surface area contributed by atoms with E-state index < -0.39 is 0 Å². The zero-order chi connectivity index (χ0) is 9.52. The third-order valence-corrected chi connectivity index (χ3v) is 2.33. The molecule has 13 heavy (non-hydrogen) atoms. The standard InChI is InChI=1S/C11H20N2/c1-3-8-11(12-4-2)13-9-6-5-7-10-13/h4,8H,3,5-7,9-10H2,1-2H3/b11-8+,12-4?. The summed E-state index contributed by atoms with van der Waals surface area (Å²) in [5, 5.41) is 0. The highest BCUT2D eigenvalue weighted by molar-refractivity contribution is 5.55. The fraction of sp³-hybridized carbons (Fsp3) is 0.727. The molecule has 0 radical (unpaired) electrons. The van der Waals surface area contributed by atoms with Gasteiger partial charge < -0.3 is 4.90 Å². The zero-order valence-corrected chi connectivity index (χ0v) is 8.79. The third kappa shape index (κ3) is 3.21. The molecule has 74 valence electrons. The molecule has 1 aliphatic rings. The van der Waals surface area contributed by atoms with Crippen molar-refractivity contribution in [2.45, 2.75) is 39.5 Å². The zero-order valence-electron chi connectivity index (χ0n) is 8.79. The highest BCUT2D eigenvalue weighted by Crippen LogP contribution is 2.15. The van der Waals surface area contributed by atoms with E-state index in [4.69, 9.17) is 0 Å². The molecule has 1 heterocycles. The molecule has 0 aromatic carbocycles. The normalized spacial score (nSPS) is 19.8. The van der Waals surface area contributed by atoms with Crippen LogP contribution in [-0.4, -0.2) is 24.2 Å². The molecule has 1 rings (SSSR count). The predicted molar refractivity (Wildman–Crippen MR) is 58.0 cm³/mol. The van der Waals surface area contributed by atoms with Crippen LogP contribution in [-0.2, 0) is 0 Å². The lowest BCUT2D eigenvalue weighted by molar-refractivity contribution is 0.282. The number of hydrogen-bond acceptors (Lipinski definition) is 2. The van der Waals surface area contributed by atoms with Crippen molar-refractivity contribution in [2.75, 3.05) is 13.1 Å². The van der Waals surface area contributed by atoms with Crippen LogP contribution in [0.3, 0.4) is 0 Å². The summed E-state index contributed by atoms with van der Waals surface area (Å²) in [6, 6.07) is 0. The molecule has 1 fully saturated rings. The molecule has 0 bridgehead atoms. The van der Waals surface area contributed by atoms with E-state index in [1.54, 1.807) is 0 Å². The second-order valence-corrected chi connectivity index (χ2v) is 3.41. The number of rotatable bonds is 3. The first-order chi connectivity index (χ1) is 6.38. The fourth-order valence-electron chi connectivity index (χ4n) is 1.70. The molecule has 0 spiro atoms. The lowest BCUT2D eigenvalue weighted by atomic mass is 10.1.